The molecule has 0 fully saturated rings. The van der Waals surface area contributed by atoms with Gasteiger partial charge in [-0.3, -0.25) is 4.79 Å². The number of benzene rings is 1. The third-order valence-electron chi connectivity index (χ3n) is 3.08. The second kappa shape index (κ2) is 5.46. The van der Waals surface area contributed by atoms with Crippen LogP contribution in [0.3, 0.4) is 0 Å². The van der Waals surface area contributed by atoms with E-state index in [-0.39, 0.29) is 11.3 Å². The topological polar surface area (TPSA) is 81.2 Å². The molecule has 20 heavy (non-hydrogen) atoms. The molecule has 2 aromatic rings. The highest BCUT2D eigenvalue weighted by atomic mass is 16.3. The summed E-state index contributed by atoms with van der Waals surface area (Å²) in [4.78, 5) is 15.9. The number of amides is 1. The van der Waals surface area contributed by atoms with Crippen molar-refractivity contribution < 1.29 is 9.21 Å². The van der Waals surface area contributed by atoms with E-state index < -0.39 is 6.04 Å². The number of rotatable bonds is 3. The van der Waals surface area contributed by atoms with Gasteiger partial charge in [-0.15, -0.1) is 0 Å². The SMILES string of the molecule is CC(C)(C)C(N)C(=O)Nc1ccc(-c2cnco2)cc1. The zero-order chi connectivity index (χ0) is 14.8. The van der Waals surface area contributed by atoms with E-state index in [0.717, 1.165) is 5.56 Å². The van der Waals surface area contributed by atoms with Crippen LogP contribution >= 0.6 is 0 Å². The van der Waals surface area contributed by atoms with Gasteiger partial charge in [0.1, 0.15) is 0 Å². The van der Waals surface area contributed by atoms with Gasteiger partial charge in [0.25, 0.3) is 0 Å². The molecule has 0 spiro atoms. The second-order valence-electron chi connectivity index (χ2n) is 5.78. The maximum atomic E-state index is 12.0. The third-order valence-corrected chi connectivity index (χ3v) is 3.08. The van der Waals surface area contributed by atoms with Gasteiger partial charge in [0.05, 0.1) is 12.2 Å². The van der Waals surface area contributed by atoms with Crippen molar-refractivity contribution in [3.63, 3.8) is 0 Å². The normalized spacial score (nSPS) is 13.0. The Hall–Kier alpha value is -2.14. The smallest absolute Gasteiger partial charge is 0.241 e. The molecule has 0 radical (unpaired) electrons. The first-order valence-corrected chi connectivity index (χ1v) is 6.43. The molecule has 0 bridgehead atoms. The van der Waals surface area contributed by atoms with Crippen LogP contribution in [0, 0.1) is 5.41 Å². The van der Waals surface area contributed by atoms with Crippen LogP contribution in [0.2, 0.25) is 0 Å². The summed E-state index contributed by atoms with van der Waals surface area (Å²) in [6, 6.07) is 6.78. The lowest BCUT2D eigenvalue weighted by atomic mass is 9.87. The van der Waals surface area contributed by atoms with Gasteiger partial charge in [0.2, 0.25) is 5.91 Å². The van der Waals surface area contributed by atoms with Gasteiger partial charge >= 0.3 is 0 Å². The molecule has 5 nitrogen and oxygen atoms in total. The lowest BCUT2D eigenvalue weighted by molar-refractivity contribution is -0.119. The minimum atomic E-state index is -0.559. The zero-order valence-corrected chi connectivity index (χ0v) is 11.9. The van der Waals surface area contributed by atoms with Crippen LogP contribution in [0.15, 0.2) is 41.3 Å². The van der Waals surface area contributed by atoms with Crippen LogP contribution < -0.4 is 11.1 Å². The number of hydrogen-bond donors (Lipinski definition) is 2. The van der Waals surface area contributed by atoms with Crippen molar-refractivity contribution in [2.24, 2.45) is 11.1 Å². The van der Waals surface area contributed by atoms with E-state index in [0.29, 0.717) is 11.4 Å². The highest BCUT2D eigenvalue weighted by molar-refractivity contribution is 5.95. The van der Waals surface area contributed by atoms with Crippen molar-refractivity contribution >= 4 is 11.6 Å². The zero-order valence-electron chi connectivity index (χ0n) is 11.9. The number of hydrogen-bond acceptors (Lipinski definition) is 4. The predicted molar refractivity (Wildman–Crippen MR) is 78.0 cm³/mol. The van der Waals surface area contributed by atoms with Crippen LogP contribution in [0.25, 0.3) is 11.3 Å². The molecule has 1 heterocycles. The fourth-order valence-corrected chi connectivity index (χ4v) is 1.69. The number of anilines is 1. The van der Waals surface area contributed by atoms with E-state index in [4.69, 9.17) is 10.2 Å². The summed E-state index contributed by atoms with van der Waals surface area (Å²) in [7, 11) is 0. The number of nitrogens with zero attached hydrogens (tertiary/aromatic N) is 1. The molecule has 0 aliphatic rings. The number of oxazole rings is 1. The van der Waals surface area contributed by atoms with E-state index >= 15 is 0 Å². The second-order valence-corrected chi connectivity index (χ2v) is 5.78. The fraction of sp³-hybridized carbons (Fsp3) is 0.333. The van der Waals surface area contributed by atoms with Crippen LogP contribution in [0.1, 0.15) is 20.8 Å². The molecular formula is C15H19N3O2. The van der Waals surface area contributed by atoms with Gasteiger partial charge in [-0.2, -0.15) is 0 Å². The van der Waals surface area contributed by atoms with Crippen molar-refractivity contribution in [3.05, 3.63) is 36.9 Å². The molecule has 0 saturated heterocycles. The number of aromatic nitrogens is 1. The summed E-state index contributed by atoms with van der Waals surface area (Å²) in [6.45, 7) is 5.80. The molecule has 3 N–H and O–H groups in total. The van der Waals surface area contributed by atoms with E-state index in [2.05, 4.69) is 10.3 Å². The lowest BCUT2D eigenvalue weighted by Gasteiger charge is -2.25. The Kier molecular flexibility index (Phi) is 3.90. The van der Waals surface area contributed by atoms with Crippen molar-refractivity contribution in [2.75, 3.05) is 5.32 Å². The monoisotopic (exact) mass is 273 g/mol. The first-order valence-electron chi connectivity index (χ1n) is 6.43. The first kappa shape index (κ1) is 14.3. The molecule has 0 aliphatic carbocycles. The summed E-state index contributed by atoms with van der Waals surface area (Å²) in [5.74, 6) is 0.499. The van der Waals surface area contributed by atoms with Gasteiger partial charge in [-0.25, -0.2) is 4.98 Å². The Morgan fingerprint density at radius 2 is 1.95 bits per heavy atom. The molecule has 1 aromatic carbocycles. The number of carbonyl (C=O) groups excluding carboxylic acids is 1. The van der Waals surface area contributed by atoms with Gasteiger partial charge in [-0.05, 0) is 29.7 Å². The van der Waals surface area contributed by atoms with E-state index in [9.17, 15) is 4.79 Å². The van der Waals surface area contributed by atoms with Crippen molar-refractivity contribution in [2.45, 2.75) is 26.8 Å². The maximum absolute atomic E-state index is 12.0. The Morgan fingerprint density at radius 3 is 2.45 bits per heavy atom. The molecule has 1 atom stereocenters. The third kappa shape index (κ3) is 3.24. The van der Waals surface area contributed by atoms with E-state index in [1.165, 1.54) is 6.39 Å². The molecule has 106 valence electrons. The van der Waals surface area contributed by atoms with Crippen LogP contribution in [-0.2, 0) is 4.79 Å². The first-order chi connectivity index (χ1) is 9.38. The molecule has 1 aromatic heterocycles. The molecular weight excluding hydrogens is 254 g/mol. The maximum Gasteiger partial charge on any atom is 0.241 e. The number of nitrogens with two attached hydrogens (primary N) is 1. The lowest BCUT2D eigenvalue weighted by Crippen LogP contribution is -2.45. The summed E-state index contributed by atoms with van der Waals surface area (Å²) in [5.41, 5.74) is 7.25. The fourth-order valence-electron chi connectivity index (χ4n) is 1.69. The highest BCUT2D eigenvalue weighted by Crippen LogP contribution is 2.22. The molecule has 1 unspecified atom stereocenters. The Bertz CT molecular complexity index is 568. The molecule has 0 saturated carbocycles. The highest BCUT2D eigenvalue weighted by Gasteiger charge is 2.27. The van der Waals surface area contributed by atoms with Crippen molar-refractivity contribution in [3.8, 4) is 11.3 Å². The van der Waals surface area contributed by atoms with Gasteiger partial charge < -0.3 is 15.5 Å². The molecule has 1 amide bonds. The number of carbonyl (C=O) groups is 1. The quantitative estimate of drug-likeness (QED) is 0.900. The summed E-state index contributed by atoms with van der Waals surface area (Å²) in [5, 5.41) is 2.81. The molecule has 2 rings (SSSR count). The van der Waals surface area contributed by atoms with Crippen LogP contribution in [-0.4, -0.2) is 16.9 Å². The average molecular weight is 273 g/mol. The minimum absolute atomic E-state index is 0.190. The average Bonchev–Trinajstić information content (AvgIpc) is 2.91. The Labute approximate surface area is 118 Å². The Morgan fingerprint density at radius 1 is 1.30 bits per heavy atom. The van der Waals surface area contributed by atoms with Gasteiger partial charge in [0, 0.05) is 11.3 Å². The molecule has 5 heteroatoms. The van der Waals surface area contributed by atoms with E-state index in [1.54, 1.807) is 6.20 Å². The predicted octanol–water partition coefficient (Wildman–Crippen LogP) is 2.65. The van der Waals surface area contributed by atoms with Gasteiger partial charge in [-0.1, -0.05) is 20.8 Å². The van der Waals surface area contributed by atoms with Crippen molar-refractivity contribution in [1.29, 1.82) is 0 Å². The summed E-state index contributed by atoms with van der Waals surface area (Å²) < 4.78 is 5.20. The Balaban J connectivity index is 2.06. The molecule has 0 aliphatic heterocycles. The summed E-state index contributed by atoms with van der Waals surface area (Å²) >= 11 is 0. The standard InChI is InChI=1S/C15H19N3O2/c1-15(2,3)13(16)14(19)18-11-6-4-10(5-7-11)12-8-17-9-20-12/h4-9,13H,16H2,1-3H3,(H,18,19). The van der Waals surface area contributed by atoms with Crippen LogP contribution in [0.5, 0.6) is 0 Å². The largest absolute Gasteiger partial charge is 0.444 e. The summed E-state index contributed by atoms with van der Waals surface area (Å²) in [6.07, 6.45) is 3.02. The number of nitrogens with one attached hydrogen (secondary N) is 1. The van der Waals surface area contributed by atoms with Crippen molar-refractivity contribution in [1.82, 2.24) is 4.98 Å². The van der Waals surface area contributed by atoms with Crippen LogP contribution in [0.4, 0.5) is 5.69 Å². The van der Waals surface area contributed by atoms with E-state index in [1.807, 2.05) is 45.0 Å². The minimum Gasteiger partial charge on any atom is -0.444 e. The van der Waals surface area contributed by atoms with Gasteiger partial charge in [0.15, 0.2) is 12.2 Å².